The number of Topliss-reactive ketones (excluding diaryl/α,β-unsaturated/α-hetero) is 2. The van der Waals surface area contributed by atoms with Crippen LogP contribution < -0.4 is 49.3 Å². The molecule has 1 aromatic carbocycles. The molecule has 0 spiro atoms. The van der Waals surface area contributed by atoms with Gasteiger partial charge in [0, 0.05) is 44.9 Å². The van der Waals surface area contributed by atoms with Crippen molar-refractivity contribution in [2.75, 3.05) is 39.5 Å². The van der Waals surface area contributed by atoms with Gasteiger partial charge in [0.2, 0.25) is 47.0 Å². The predicted molar refractivity (Wildman–Crippen MR) is 218 cm³/mol. The zero-order chi connectivity index (χ0) is 46.9. The van der Waals surface area contributed by atoms with Gasteiger partial charge >= 0.3 is 5.97 Å². The Kier molecular flexibility index (Phi) is 25.5. The Bertz CT molecular complexity index is 1650. The molecule has 0 aromatic heterocycles. The van der Waals surface area contributed by atoms with Crippen LogP contribution in [-0.4, -0.2) is 171 Å². The number of hydrazine groups is 1. The standard InChI is InChI=1S/C38H62N10O14/c1-3-31(55)48(17-23(39)18-49)28(16-29(41)53)37(60)45-32(21(2)52)34(57)33(56)27(20-51)47-46-25(38(61)62)11-12-30(54)42-13-7-8-14-43-36(59)26(44-35(58)24(40)19-50)15-22-9-5-4-6-10-22/h4-6,9-10,21,23-28,32,46-47,49-52H,3,7-8,11-20,39-40H2,1-2H3,(H2,41,53)(H,42,54)(H,43,59)(H,44,58)(H,45,60)(H,61,62)/t21-,23?,24?,25?,26?,27?,28?,32+/m1/s1. The van der Waals surface area contributed by atoms with Crippen LogP contribution in [0.3, 0.4) is 0 Å². The van der Waals surface area contributed by atoms with E-state index in [0.29, 0.717) is 12.8 Å². The van der Waals surface area contributed by atoms with Gasteiger partial charge in [0.25, 0.3) is 0 Å². The van der Waals surface area contributed by atoms with Gasteiger partial charge in [-0.1, -0.05) is 37.3 Å². The molecule has 0 saturated heterocycles. The third kappa shape index (κ3) is 19.5. The normalized spacial score (nSPS) is 15.0. The molecular weight excluding hydrogens is 820 g/mol. The van der Waals surface area contributed by atoms with Gasteiger partial charge in [-0.15, -0.1) is 0 Å². The van der Waals surface area contributed by atoms with E-state index in [1.54, 1.807) is 30.3 Å². The maximum absolute atomic E-state index is 13.4. The van der Waals surface area contributed by atoms with Crippen molar-refractivity contribution in [3.8, 4) is 0 Å². The highest BCUT2D eigenvalue weighted by Crippen LogP contribution is 2.11. The van der Waals surface area contributed by atoms with Crippen LogP contribution in [0.1, 0.15) is 57.9 Å². The van der Waals surface area contributed by atoms with Gasteiger partial charge in [-0.05, 0) is 31.7 Å². The van der Waals surface area contributed by atoms with E-state index >= 15 is 0 Å². The molecule has 17 N–H and O–H groups in total. The maximum atomic E-state index is 13.4. The number of nitrogens with one attached hydrogen (secondary N) is 6. The quantitative estimate of drug-likeness (QED) is 0.0182. The minimum absolute atomic E-state index is 0.157. The summed E-state index contributed by atoms with van der Waals surface area (Å²) in [6.07, 6.45) is -2.33. The van der Waals surface area contributed by atoms with Crippen LogP contribution in [0, 0.1) is 0 Å². The summed E-state index contributed by atoms with van der Waals surface area (Å²) in [7, 11) is 0. The van der Waals surface area contributed by atoms with Crippen LogP contribution in [0.5, 0.6) is 0 Å². The zero-order valence-electron chi connectivity index (χ0n) is 34.8. The third-order valence-corrected chi connectivity index (χ3v) is 9.23. The number of aliphatic hydroxyl groups is 4. The SMILES string of the molecule is CCC(=O)N(CC(N)CO)C(CC(N)=O)C(=O)N[C@H](C(=O)C(=O)C(CO)NNC(CCC(=O)NCCCCNC(=O)C(Cc1ccccc1)NC(=O)C(N)CO)C(=O)O)[C@@H](C)O. The van der Waals surface area contributed by atoms with E-state index in [9.17, 15) is 68.7 Å². The van der Waals surface area contributed by atoms with Crippen LogP contribution >= 0.6 is 0 Å². The van der Waals surface area contributed by atoms with Gasteiger partial charge in [0.1, 0.15) is 36.3 Å². The van der Waals surface area contributed by atoms with E-state index in [-0.39, 0.29) is 38.8 Å². The highest BCUT2D eigenvalue weighted by molar-refractivity contribution is 6.41. The average Bonchev–Trinajstić information content (AvgIpc) is 3.24. The molecule has 24 heteroatoms. The highest BCUT2D eigenvalue weighted by Gasteiger charge is 2.39. The van der Waals surface area contributed by atoms with Gasteiger partial charge in [-0.25, -0.2) is 10.9 Å². The molecule has 0 aliphatic carbocycles. The molecule has 8 atom stereocenters. The Labute approximate surface area is 358 Å². The molecule has 348 valence electrons. The molecule has 0 fully saturated rings. The largest absolute Gasteiger partial charge is 0.480 e. The summed E-state index contributed by atoms with van der Waals surface area (Å²) in [5.74, 6) is -8.95. The molecule has 0 aliphatic rings. The number of carbonyl (C=O) groups excluding carboxylic acids is 8. The number of hydrogen-bond donors (Lipinski definition) is 14. The lowest BCUT2D eigenvalue weighted by Crippen LogP contribution is -2.61. The smallest absolute Gasteiger partial charge is 0.322 e. The van der Waals surface area contributed by atoms with Gasteiger partial charge in [-0.3, -0.25) is 43.2 Å². The third-order valence-electron chi connectivity index (χ3n) is 9.23. The second kappa shape index (κ2) is 28.9. The number of aliphatic carboxylic acids is 1. The summed E-state index contributed by atoms with van der Waals surface area (Å²) >= 11 is 0. The van der Waals surface area contributed by atoms with Gasteiger partial charge in [0.15, 0.2) is 0 Å². The number of nitrogens with two attached hydrogens (primary N) is 3. The lowest BCUT2D eigenvalue weighted by Gasteiger charge is -2.33. The molecule has 0 aliphatic heterocycles. The molecule has 1 aromatic rings. The highest BCUT2D eigenvalue weighted by atomic mass is 16.4. The monoisotopic (exact) mass is 882 g/mol. The van der Waals surface area contributed by atoms with Crippen LogP contribution in [0.2, 0.25) is 0 Å². The van der Waals surface area contributed by atoms with Crippen molar-refractivity contribution in [2.24, 2.45) is 17.2 Å². The van der Waals surface area contributed by atoms with Crippen molar-refractivity contribution in [1.29, 1.82) is 0 Å². The van der Waals surface area contributed by atoms with Crippen LogP contribution in [0.25, 0.3) is 0 Å². The fourth-order valence-electron chi connectivity index (χ4n) is 5.68. The Morgan fingerprint density at radius 3 is 1.90 bits per heavy atom. The molecule has 6 unspecified atom stereocenters. The lowest BCUT2D eigenvalue weighted by molar-refractivity contribution is -0.146. The number of carboxylic acids is 1. The summed E-state index contributed by atoms with van der Waals surface area (Å²) < 4.78 is 0. The minimum Gasteiger partial charge on any atom is -0.480 e. The number of amides is 6. The molecule has 6 amide bonds. The molecule has 1 rings (SSSR count). The number of carbonyl (C=O) groups is 9. The van der Waals surface area contributed by atoms with Crippen molar-refractivity contribution in [3.05, 3.63) is 35.9 Å². The van der Waals surface area contributed by atoms with E-state index in [1.165, 1.54) is 6.92 Å². The fourth-order valence-corrected chi connectivity index (χ4v) is 5.68. The van der Waals surface area contributed by atoms with Crippen molar-refractivity contribution in [3.63, 3.8) is 0 Å². The summed E-state index contributed by atoms with van der Waals surface area (Å²) in [4.78, 5) is 115. The number of primary amides is 1. The Morgan fingerprint density at radius 1 is 0.758 bits per heavy atom. The number of unbranched alkanes of at least 4 members (excludes halogenated alkanes) is 1. The topological polar surface area (TPSA) is 408 Å². The first kappa shape index (κ1) is 54.5. The van der Waals surface area contributed by atoms with E-state index < -0.39 is 134 Å². The van der Waals surface area contributed by atoms with Gasteiger partial charge < -0.3 is 68.9 Å². The van der Waals surface area contributed by atoms with Gasteiger partial charge in [0.05, 0.1) is 32.3 Å². The molecule has 0 bridgehead atoms. The summed E-state index contributed by atoms with van der Waals surface area (Å²) in [5, 5.41) is 58.5. The van der Waals surface area contributed by atoms with Crippen molar-refractivity contribution < 1.29 is 68.7 Å². The first-order chi connectivity index (χ1) is 29.3. The fraction of sp³-hybridized carbons (Fsp3) is 0.605. The summed E-state index contributed by atoms with van der Waals surface area (Å²) in [6.45, 7) is 0.155. The van der Waals surface area contributed by atoms with E-state index in [4.69, 9.17) is 17.2 Å². The molecular formula is C38H62N10O14. The van der Waals surface area contributed by atoms with Crippen LogP contribution in [0.4, 0.5) is 0 Å². The number of hydrogen-bond acceptors (Lipinski definition) is 17. The zero-order valence-corrected chi connectivity index (χ0v) is 34.8. The van der Waals surface area contributed by atoms with E-state index in [0.717, 1.165) is 17.4 Å². The second-order valence-electron chi connectivity index (χ2n) is 14.3. The maximum Gasteiger partial charge on any atom is 0.322 e. The van der Waals surface area contributed by atoms with Crippen LogP contribution in [0.15, 0.2) is 30.3 Å². The number of benzene rings is 1. The van der Waals surface area contributed by atoms with E-state index in [2.05, 4.69) is 32.1 Å². The van der Waals surface area contributed by atoms with Crippen molar-refractivity contribution in [2.45, 2.75) is 107 Å². The second-order valence-corrected chi connectivity index (χ2v) is 14.3. The van der Waals surface area contributed by atoms with Crippen molar-refractivity contribution in [1.82, 2.24) is 37.0 Å². The van der Waals surface area contributed by atoms with E-state index in [1.807, 2.05) is 0 Å². The number of nitrogens with zero attached hydrogens (tertiary/aromatic N) is 1. The van der Waals surface area contributed by atoms with Gasteiger partial charge in [-0.2, -0.15) is 0 Å². The summed E-state index contributed by atoms with van der Waals surface area (Å²) in [5.41, 5.74) is 21.9. The molecule has 24 nitrogen and oxygen atoms in total. The molecule has 0 heterocycles. The number of aliphatic hydroxyl groups excluding tert-OH is 4. The number of rotatable bonds is 32. The minimum atomic E-state index is -1.98. The Morgan fingerprint density at radius 2 is 1.37 bits per heavy atom. The predicted octanol–water partition coefficient (Wildman–Crippen LogP) is -6.46. The first-order valence-electron chi connectivity index (χ1n) is 19.9. The summed E-state index contributed by atoms with van der Waals surface area (Å²) in [6, 6.07) is -1.30. The lowest BCUT2D eigenvalue weighted by atomic mass is 9.98. The molecule has 0 radical (unpaired) electrons. The van der Waals surface area contributed by atoms with Crippen molar-refractivity contribution >= 4 is 53.0 Å². The number of ketones is 2. The Balaban J connectivity index is 2.77. The molecule has 0 saturated carbocycles. The number of carboxylic acid groups (broad SMARTS) is 1. The molecule has 62 heavy (non-hydrogen) atoms. The average molecular weight is 883 g/mol. The Hall–Kier alpha value is -5.47. The first-order valence-corrected chi connectivity index (χ1v) is 19.9. The van der Waals surface area contributed by atoms with Crippen LogP contribution in [-0.2, 0) is 49.6 Å².